The van der Waals surface area contributed by atoms with Crippen molar-refractivity contribution in [1.82, 2.24) is 4.98 Å². The summed E-state index contributed by atoms with van der Waals surface area (Å²) in [5.41, 5.74) is 3.51. The molecular weight excluding hydrogens is 314 g/mol. The van der Waals surface area contributed by atoms with Gasteiger partial charge in [-0.2, -0.15) is 0 Å². The average molecular weight is 331 g/mol. The van der Waals surface area contributed by atoms with Gasteiger partial charge in [-0.25, -0.2) is 0 Å². The van der Waals surface area contributed by atoms with E-state index in [1.807, 2.05) is 54.6 Å². The zero-order valence-electron chi connectivity index (χ0n) is 13.8. The second-order valence-corrected chi connectivity index (χ2v) is 5.87. The second kappa shape index (κ2) is 6.32. The molecule has 0 unspecified atom stereocenters. The maximum atomic E-state index is 11.4. The number of hydrogen-bond donors (Lipinski definition) is 1. The number of hydrogen-bond acceptors (Lipinski definition) is 3. The fourth-order valence-electron chi connectivity index (χ4n) is 3.01. The van der Waals surface area contributed by atoms with Gasteiger partial charge in [0.2, 0.25) is 0 Å². The molecule has 0 saturated carbocycles. The molecule has 1 heterocycles. The van der Waals surface area contributed by atoms with E-state index >= 15 is 0 Å². The van der Waals surface area contributed by atoms with Crippen LogP contribution in [0.1, 0.15) is 15.9 Å². The number of methoxy groups -OCH3 is 1. The summed E-state index contributed by atoms with van der Waals surface area (Å²) in [5.74, 6) is 1.44. The van der Waals surface area contributed by atoms with Crippen LogP contribution in [0.5, 0.6) is 11.5 Å². The second-order valence-electron chi connectivity index (χ2n) is 5.87. The number of aldehydes is 1. The third-order valence-electron chi connectivity index (χ3n) is 4.27. The lowest BCUT2D eigenvalue weighted by Gasteiger charge is -2.08. The van der Waals surface area contributed by atoms with Crippen molar-refractivity contribution < 1.29 is 14.3 Å². The zero-order chi connectivity index (χ0) is 17.2. The summed E-state index contributed by atoms with van der Waals surface area (Å²) in [5, 5.41) is 1.95. The van der Waals surface area contributed by atoms with Gasteiger partial charge >= 0.3 is 0 Å². The third-order valence-corrected chi connectivity index (χ3v) is 4.27. The molecule has 25 heavy (non-hydrogen) atoms. The number of aromatic amines is 1. The van der Waals surface area contributed by atoms with Crippen molar-refractivity contribution >= 4 is 28.1 Å². The van der Waals surface area contributed by atoms with Crippen LogP contribution in [0, 0.1) is 0 Å². The molecule has 0 aliphatic carbocycles. The molecule has 4 aromatic rings. The van der Waals surface area contributed by atoms with E-state index in [9.17, 15) is 4.79 Å². The molecule has 1 aromatic heterocycles. The molecule has 0 aliphatic rings. The van der Waals surface area contributed by atoms with Gasteiger partial charge in [-0.3, -0.25) is 4.79 Å². The lowest BCUT2D eigenvalue weighted by molar-refractivity contribution is 0.112. The van der Waals surface area contributed by atoms with Gasteiger partial charge in [0.1, 0.15) is 24.4 Å². The summed E-state index contributed by atoms with van der Waals surface area (Å²) >= 11 is 0. The summed E-state index contributed by atoms with van der Waals surface area (Å²) in [6, 6.07) is 19.4. The highest BCUT2D eigenvalue weighted by Gasteiger charge is 2.12. The first kappa shape index (κ1) is 15.3. The molecule has 4 rings (SSSR count). The van der Waals surface area contributed by atoms with E-state index < -0.39 is 0 Å². The average Bonchev–Trinajstić information content (AvgIpc) is 3.04. The molecular formula is C21H17NO3. The normalized spacial score (nSPS) is 10.9. The van der Waals surface area contributed by atoms with Gasteiger partial charge in [0, 0.05) is 21.9 Å². The van der Waals surface area contributed by atoms with Crippen LogP contribution in [0.15, 0.2) is 60.7 Å². The SMILES string of the molecule is COc1ccc2[nH]c3c(OCc4ccccc4)cc(C=O)cc3c2c1. The number of fused-ring (bicyclic) bond motifs is 3. The number of rotatable bonds is 5. The van der Waals surface area contributed by atoms with Crippen molar-refractivity contribution in [3.8, 4) is 11.5 Å². The Bertz CT molecular complexity index is 1050. The van der Waals surface area contributed by atoms with Gasteiger partial charge in [0.05, 0.1) is 12.6 Å². The molecule has 124 valence electrons. The van der Waals surface area contributed by atoms with Gasteiger partial charge < -0.3 is 14.5 Å². The molecule has 0 aliphatic heterocycles. The number of aromatic nitrogens is 1. The quantitative estimate of drug-likeness (QED) is 0.538. The van der Waals surface area contributed by atoms with Crippen LogP contribution in [0.2, 0.25) is 0 Å². The van der Waals surface area contributed by atoms with Crippen LogP contribution in [0.3, 0.4) is 0 Å². The standard InChI is InChI=1S/C21H17NO3/c1-24-16-7-8-19-17(11-16)18-9-15(12-23)10-20(21(18)22-19)25-13-14-5-3-2-4-6-14/h2-12,22H,13H2,1H3. The summed E-state index contributed by atoms with van der Waals surface area (Å²) in [4.78, 5) is 14.8. The predicted octanol–water partition coefficient (Wildman–Crippen LogP) is 4.72. The van der Waals surface area contributed by atoms with Crippen molar-refractivity contribution in [1.29, 1.82) is 0 Å². The maximum absolute atomic E-state index is 11.4. The Hall–Kier alpha value is -3.27. The minimum Gasteiger partial charge on any atom is -0.497 e. The summed E-state index contributed by atoms with van der Waals surface area (Å²) < 4.78 is 11.3. The highest BCUT2D eigenvalue weighted by Crippen LogP contribution is 2.35. The topological polar surface area (TPSA) is 51.3 Å². The third kappa shape index (κ3) is 2.83. The Morgan fingerprint density at radius 3 is 2.60 bits per heavy atom. The lowest BCUT2D eigenvalue weighted by Crippen LogP contribution is -1.96. The Morgan fingerprint density at radius 2 is 1.84 bits per heavy atom. The van der Waals surface area contributed by atoms with Crippen molar-refractivity contribution in [3.63, 3.8) is 0 Å². The number of ether oxygens (including phenoxy) is 2. The first-order chi connectivity index (χ1) is 12.3. The Balaban J connectivity index is 1.83. The van der Waals surface area contributed by atoms with Gasteiger partial charge in [-0.05, 0) is 35.9 Å². The Morgan fingerprint density at radius 1 is 1.00 bits per heavy atom. The van der Waals surface area contributed by atoms with Crippen LogP contribution in [-0.2, 0) is 6.61 Å². The molecule has 0 spiro atoms. The van der Waals surface area contributed by atoms with Crippen molar-refractivity contribution in [2.45, 2.75) is 6.61 Å². The van der Waals surface area contributed by atoms with Gasteiger partial charge in [-0.15, -0.1) is 0 Å². The van der Waals surface area contributed by atoms with Crippen LogP contribution < -0.4 is 9.47 Å². The van der Waals surface area contributed by atoms with Gasteiger partial charge in [0.15, 0.2) is 0 Å². The molecule has 1 N–H and O–H groups in total. The smallest absolute Gasteiger partial charge is 0.150 e. The predicted molar refractivity (Wildman–Crippen MR) is 98.5 cm³/mol. The Kier molecular flexibility index (Phi) is 3.86. The molecule has 0 radical (unpaired) electrons. The van der Waals surface area contributed by atoms with Gasteiger partial charge in [-0.1, -0.05) is 30.3 Å². The highest BCUT2D eigenvalue weighted by atomic mass is 16.5. The van der Waals surface area contributed by atoms with E-state index in [2.05, 4.69) is 4.98 Å². The van der Waals surface area contributed by atoms with E-state index in [4.69, 9.17) is 9.47 Å². The van der Waals surface area contributed by atoms with E-state index in [1.54, 1.807) is 13.2 Å². The van der Waals surface area contributed by atoms with E-state index in [0.717, 1.165) is 39.4 Å². The fraction of sp³-hybridized carbons (Fsp3) is 0.0952. The zero-order valence-corrected chi connectivity index (χ0v) is 13.8. The number of carbonyl (C=O) groups excluding carboxylic acids is 1. The maximum Gasteiger partial charge on any atom is 0.150 e. The number of H-pyrrole nitrogens is 1. The van der Waals surface area contributed by atoms with E-state index in [-0.39, 0.29) is 0 Å². The molecule has 4 heteroatoms. The highest BCUT2D eigenvalue weighted by molar-refractivity contribution is 6.11. The number of benzene rings is 3. The summed E-state index contributed by atoms with van der Waals surface area (Å²) in [6.45, 7) is 0.441. The molecule has 0 saturated heterocycles. The molecule has 4 nitrogen and oxygen atoms in total. The first-order valence-electron chi connectivity index (χ1n) is 8.04. The molecule has 3 aromatic carbocycles. The summed E-state index contributed by atoms with van der Waals surface area (Å²) in [7, 11) is 1.64. The summed E-state index contributed by atoms with van der Waals surface area (Å²) in [6.07, 6.45) is 0.841. The first-order valence-corrected chi connectivity index (χ1v) is 8.04. The van der Waals surface area contributed by atoms with E-state index in [1.165, 1.54) is 0 Å². The minimum absolute atomic E-state index is 0.441. The molecule has 0 atom stereocenters. The van der Waals surface area contributed by atoms with Gasteiger partial charge in [0.25, 0.3) is 0 Å². The minimum atomic E-state index is 0.441. The molecule has 0 bridgehead atoms. The lowest BCUT2D eigenvalue weighted by atomic mass is 10.1. The number of nitrogens with one attached hydrogen (secondary N) is 1. The van der Waals surface area contributed by atoms with Crippen LogP contribution in [0.4, 0.5) is 0 Å². The largest absolute Gasteiger partial charge is 0.497 e. The number of carbonyl (C=O) groups is 1. The van der Waals surface area contributed by atoms with Crippen molar-refractivity contribution in [3.05, 3.63) is 71.8 Å². The van der Waals surface area contributed by atoms with Crippen LogP contribution in [-0.4, -0.2) is 18.4 Å². The Labute approximate surface area is 145 Å². The molecule has 0 amide bonds. The van der Waals surface area contributed by atoms with E-state index in [0.29, 0.717) is 17.9 Å². The van der Waals surface area contributed by atoms with Crippen molar-refractivity contribution in [2.24, 2.45) is 0 Å². The van der Waals surface area contributed by atoms with Crippen LogP contribution >= 0.6 is 0 Å². The van der Waals surface area contributed by atoms with Crippen LogP contribution in [0.25, 0.3) is 21.8 Å². The monoisotopic (exact) mass is 331 g/mol. The van der Waals surface area contributed by atoms with Crippen molar-refractivity contribution in [2.75, 3.05) is 7.11 Å². The molecule has 0 fully saturated rings. The fourth-order valence-corrected chi connectivity index (χ4v) is 3.01.